The van der Waals surface area contributed by atoms with Gasteiger partial charge in [0.15, 0.2) is 6.35 Å². The highest BCUT2D eigenvalue weighted by Gasteiger charge is 2.21. The fourth-order valence-electron chi connectivity index (χ4n) is 1.64. The van der Waals surface area contributed by atoms with E-state index >= 15 is 0 Å². The summed E-state index contributed by atoms with van der Waals surface area (Å²) in [5.41, 5.74) is 0. The number of halogens is 1. The monoisotopic (exact) mass is 451 g/mol. The highest BCUT2D eigenvalue weighted by Crippen LogP contribution is 2.17. The first kappa shape index (κ1) is 17.8. The van der Waals surface area contributed by atoms with Crippen molar-refractivity contribution in [3.05, 3.63) is 33.7 Å². The molecule has 0 spiro atoms. The summed E-state index contributed by atoms with van der Waals surface area (Å²) in [7, 11) is -2.52. The number of hydrogen-bond donors (Lipinski definition) is 3. The lowest BCUT2D eigenvalue weighted by atomic mass is 10.4. The van der Waals surface area contributed by atoms with Gasteiger partial charge in [0, 0.05) is 3.57 Å². The molecule has 11 heteroatoms. The number of nitrogens with one attached hydrogen (secondary N) is 2. The van der Waals surface area contributed by atoms with Crippen molar-refractivity contribution in [3.63, 3.8) is 0 Å². The Morgan fingerprint density at radius 1 is 1.26 bits per heavy atom. The number of methoxy groups -OCH3 is 1. The third-order valence-electron chi connectivity index (χ3n) is 2.57. The van der Waals surface area contributed by atoms with Gasteiger partial charge in [0.1, 0.15) is 5.82 Å². The van der Waals surface area contributed by atoms with Crippen LogP contribution in [0.4, 0.5) is 5.95 Å². The maximum Gasteiger partial charge on any atom is 0.321 e. The third kappa shape index (κ3) is 4.70. The average Bonchev–Trinajstić information content (AvgIpc) is 2.46. The van der Waals surface area contributed by atoms with E-state index in [1.807, 2.05) is 22.6 Å². The Morgan fingerprint density at radius 3 is 2.61 bits per heavy atom. The molecule has 0 aliphatic rings. The lowest BCUT2D eigenvalue weighted by Crippen LogP contribution is -2.41. The Hall–Kier alpha value is -1.57. The average molecular weight is 451 g/mol. The van der Waals surface area contributed by atoms with Crippen molar-refractivity contribution in [2.75, 3.05) is 12.4 Å². The minimum Gasteiger partial charge on any atom is -0.467 e. The molecule has 23 heavy (non-hydrogen) atoms. The van der Waals surface area contributed by atoms with Gasteiger partial charge < -0.3 is 15.2 Å². The number of rotatable bonds is 6. The number of hydrogen-bond acceptors (Lipinski definition) is 8. The Balaban J connectivity index is 2.15. The predicted octanol–water partition coefficient (Wildman–Crippen LogP) is 0.460. The number of aliphatic hydroxyl groups is 1. The zero-order valence-electron chi connectivity index (χ0n) is 12.2. The number of benzene rings is 1. The molecule has 2 rings (SSSR count). The van der Waals surface area contributed by atoms with Crippen LogP contribution in [0.1, 0.15) is 5.82 Å². The molecule has 1 heterocycles. The van der Waals surface area contributed by atoms with Crippen molar-refractivity contribution in [3.8, 4) is 6.01 Å². The van der Waals surface area contributed by atoms with Crippen LogP contribution in [-0.2, 0) is 10.0 Å². The van der Waals surface area contributed by atoms with Crippen LogP contribution in [0.5, 0.6) is 6.01 Å². The number of aromatic nitrogens is 3. The van der Waals surface area contributed by atoms with Gasteiger partial charge in [0.05, 0.1) is 12.0 Å². The predicted molar refractivity (Wildman–Crippen MR) is 90.2 cm³/mol. The first-order chi connectivity index (χ1) is 10.8. The van der Waals surface area contributed by atoms with Gasteiger partial charge in [-0.1, -0.05) is 12.1 Å². The van der Waals surface area contributed by atoms with Gasteiger partial charge in [-0.15, -0.1) is 0 Å². The molecular weight excluding hydrogens is 437 g/mol. The van der Waals surface area contributed by atoms with Crippen LogP contribution in [-0.4, -0.2) is 41.9 Å². The van der Waals surface area contributed by atoms with Gasteiger partial charge in [-0.2, -0.15) is 19.7 Å². The molecule has 2 aromatic rings. The van der Waals surface area contributed by atoms with E-state index in [-0.39, 0.29) is 16.9 Å². The summed E-state index contributed by atoms with van der Waals surface area (Å²) in [6, 6.07) is 6.45. The van der Waals surface area contributed by atoms with E-state index in [0.29, 0.717) is 9.39 Å². The summed E-state index contributed by atoms with van der Waals surface area (Å²) < 4.78 is 32.0. The van der Waals surface area contributed by atoms with E-state index in [0.717, 1.165) is 0 Å². The van der Waals surface area contributed by atoms with E-state index in [4.69, 9.17) is 4.74 Å². The second kappa shape index (κ2) is 7.33. The lowest BCUT2D eigenvalue weighted by molar-refractivity contribution is 0.191. The summed E-state index contributed by atoms with van der Waals surface area (Å²) in [5, 5.41) is 12.3. The van der Waals surface area contributed by atoms with Crippen LogP contribution in [0, 0.1) is 10.5 Å². The van der Waals surface area contributed by atoms with Gasteiger partial charge >= 0.3 is 6.01 Å². The Bertz CT molecular complexity index is 802. The van der Waals surface area contributed by atoms with E-state index in [1.54, 1.807) is 25.1 Å². The molecule has 0 aliphatic carbocycles. The molecule has 124 valence electrons. The Labute approximate surface area is 146 Å². The number of nitrogens with zero attached hydrogens (tertiary/aromatic N) is 3. The van der Waals surface area contributed by atoms with Crippen LogP contribution < -0.4 is 14.8 Å². The topological polar surface area (TPSA) is 126 Å². The van der Waals surface area contributed by atoms with Gasteiger partial charge in [-0.05, 0) is 41.6 Å². The summed E-state index contributed by atoms with van der Waals surface area (Å²) in [4.78, 5) is 11.7. The molecule has 1 unspecified atom stereocenters. The molecule has 1 atom stereocenters. The zero-order valence-corrected chi connectivity index (χ0v) is 15.2. The SMILES string of the molecule is COc1nc(C)nc(NC(O)NS(=O)(=O)c2ccccc2I)n1. The molecule has 0 radical (unpaired) electrons. The molecule has 0 fully saturated rings. The number of aryl methyl sites for hydroxylation is 1. The van der Waals surface area contributed by atoms with E-state index < -0.39 is 16.4 Å². The van der Waals surface area contributed by atoms with Crippen LogP contribution in [0.3, 0.4) is 0 Å². The van der Waals surface area contributed by atoms with Crippen LogP contribution in [0.2, 0.25) is 0 Å². The van der Waals surface area contributed by atoms with Crippen LogP contribution in [0.15, 0.2) is 29.2 Å². The first-order valence-corrected chi connectivity index (χ1v) is 8.86. The highest BCUT2D eigenvalue weighted by atomic mass is 127. The molecule has 0 amide bonds. The van der Waals surface area contributed by atoms with Crippen molar-refractivity contribution < 1.29 is 18.3 Å². The number of sulfonamides is 1. The highest BCUT2D eigenvalue weighted by molar-refractivity contribution is 14.1. The van der Waals surface area contributed by atoms with Crippen LogP contribution >= 0.6 is 22.6 Å². The Kier molecular flexibility index (Phi) is 5.67. The fraction of sp³-hybridized carbons (Fsp3) is 0.250. The first-order valence-electron chi connectivity index (χ1n) is 6.30. The largest absolute Gasteiger partial charge is 0.467 e. The van der Waals surface area contributed by atoms with E-state index in [2.05, 4.69) is 25.0 Å². The number of ether oxygens (including phenoxy) is 1. The fourth-order valence-corrected chi connectivity index (χ4v) is 3.96. The standard InChI is InChI=1S/C12H14IN5O4S/c1-7-14-10(17-12(15-7)22-2)16-11(19)18-23(20,21)9-6-4-3-5-8(9)13/h3-6,11,18-19H,1-2H3,(H,14,15,16,17). The van der Waals surface area contributed by atoms with Crippen molar-refractivity contribution in [1.82, 2.24) is 19.7 Å². The lowest BCUT2D eigenvalue weighted by Gasteiger charge is -2.15. The van der Waals surface area contributed by atoms with Crippen molar-refractivity contribution in [2.45, 2.75) is 18.2 Å². The molecule has 0 aliphatic heterocycles. The van der Waals surface area contributed by atoms with Crippen molar-refractivity contribution in [2.24, 2.45) is 0 Å². The van der Waals surface area contributed by atoms with Gasteiger partial charge in [-0.3, -0.25) is 0 Å². The minimum atomic E-state index is -3.91. The van der Waals surface area contributed by atoms with Gasteiger partial charge in [-0.25, -0.2) is 8.42 Å². The molecule has 1 aromatic carbocycles. The van der Waals surface area contributed by atoms with Crippen molar-refractivity contribution >= 4 is 38.6 Å². The summed E-state index contributed by atoms with van der Waals surface area (Å²) in [6.07, 6.45) is -1.62. The van der Waals surface area contributed by atoms with Crippen LogP contribution in [0.25, 0.3) is 0 Å². The van der Waals surface area contributed by atoms with Gasteiger partial charge in [0.25, 0.3) is 0 Å². The quantitative estimate of drug-likeness (QED) is 0.427. The molecule has 9 nitrogen and oxygen atoms in total. The summed E-state index contributed by atoms with van der Waals surface area (Å²) in [5.74, 6) is 0.333. The molecule has 1 aromatic heterocycles. The molecular formula is C12H14IN5O4S. The smallest absolute Gasteiger partial charge is 0.321 e. The molecule has 0 saturated heterocycles. The van der Waals surface area contributed by atoms with E-state index in [9.17, 15) is 13.5 Å². The third-order valence-corrected chi connectivity index (χ3v) is 5.34. The van der Waals surface area contributed by atoms with Crippen molar-refractivity contribution in [1.29, 1.82) is 0 Å². The normalized spacial score (nSPS) is 12.7. The number of aliphatic hydroxyl groups excluding tert-OH is 1. The second-order valence-electron chi connectivity index (χ2n) is 4.29. The maximum atomic E-state index is 12.2. The molecule has 0 saturated carbocycles. The molecule has 3 N–H and O–H groups in total. The maximum absolute atomic E-state index is 12.2. The zero-order chi connectivity index (χ0) is 17.0. The second-order valence-corrected chi connectivity index (χ2v) is 7.14. The minimum absolute atomic E-state index is 0.0210. The summed E-state index contributed by atoms with van der Waals surface area (Å²) >= 11 is 1.90. The Morgan fingerprint density at radius 2 is 1.96 bits per heavy atom. The number of anilines is 1. The van der Waals surface area contributed by atoms with Gasteiger partial charge in [0.2, 0.25) is 16.0 Å². The van der Waals surface area contributed by atoms with E-state index in [1.165, 1.54) is 13.2 Å². The molecule has 0 bridgehead atoms. The summed E-state index contributed by atoms with van der Waals surface area (Å²) in [6.45, 7) is 1.61.